The number of ketones is 1. The predicted molar refractivity (Wildman–Crippen MR) is 117 cm³/mol. The third kappa shape index (κ3) is 2.94. The van der Waals surface area contributed by atoms with E-state index in [4.69, 9.17) is 14.2 Å². The van der Waals surface area contributed by atoms with Crippen molar-refractivity contribution in [2.45, 2.75) is 64.3 Å². The monoisotopic (exact) mass is 452 g/mol. The molecule has 7 nitrogen and oxygen atoms in total. The second-order valence-electron chi connectivity index (χ2n) is 9.98. The van der Waals surface area contributed by atoms with Gasteiger partial charge in [-0.05, 0) is 31.9 Å². The van der Waals surface area contributed by atoms with Crippen molar-refractivity contribution in [1.29, 1.82) is 0 Å². The Kier molecular flexibility index (Phi) is 4.83. The van der Waals surface area contributed by atoms with Crippen molar-refractivity contribution < 1.29 is 33.7 Å². The van der Waals surface area contributed by atoms with E-state index >= 15 is 0 Å². The Hall–Kier alpha value is -2.93. The number of aryl methyl sites for hydroxylation is 1. The lowest BCUT2D eigenvalue weighted by molar-refractivity contribution is -0.247. The number of ether oxygens (including phenoxy) is 3. The highest BCUT2D eigenvalue weighted by molar-refractivity contribution is 6.22. The summed E-state index contributed by atoms with van der Waals surface area (Å²) in [5.41, 5.74) is -1.34. The molecule has 2 heterocycles. The number of Topliss-reactive ketones (excluding diaryl/α,β-unsaturated/α-hetero) is 1. The van der Waals surface area contributed by atoms with E-state index in [-0.39, 0.29) is 17.1 Å². The number of esters is 2. The summed E-state index contributed by atoms with van der Waals surface area (Å²) in [6.45, 7) is 9.30. The Balaban J connectivity index is 1.62. The zero-order chi connectivity index (χ0) is 23.7. The lowest BCUT2D eigenvalue weighted by Gasteiger charge is -2.59. The SMILES string of the molecule is C=C1OC(=O)C2=C1O[C@@H]1[C@@H](OC(=O)c3ccc(C)cc3)[C@]3(O)CCCC[C@H]3[C@](C)(C2=O)[C@@H]1C. The van der Waals surface area contributed by atoms with Crippen LogP contribution in [0.1, 0.15) is 55.5 Å². The first-order valence-corrected chi connectivity index (χ1v) is 11.5. The third-order valence-electron chi connectivity index (χ3n) is 8.27. The van der Waals surface area contributed by atoms with Gasteiger partial charge in [0.15, 0.2) is 23.4 Å². The lowest BCUT2D eigenvalue weighted by Crippen LogP contribution is -2.70. The van der Waals surface area contributed by atoms with Crippen molar-refractivity contribution in [2.24, 2.45) is 17.3 Å². The van der Waals surface area contributed by atoms with Crippen LogP contribution in [0.15, 0.2) is 47.9 Å². The molecule has 4 aliphatic rings. The molecule has 0 saturated heterocycles. The smallest absolute Gasteiger partial charge is 0.351 e. The van der Waals surface area contributed by atoms with Crippen molar-refractivity contribution in [1.82, 2.24) is 0 Å². The van der Waals surface area contributed by atoms with E-state index in [1.165, 1.54) is 0 Å². The van der Waals surface area contributed by atoms with Crippen LogP contribution in [0.5, 0.6) is 0 Å². The van der Waals surface area contributed by atoms with E-state index in [1.54, 1.807) is 19.1 Å². The second kappa shape index (κ2) is 7.29. The third-order valence-corrected chi connectivity index (χ3v) is 8.27. The predicted octanol–water partition coefficient (Wildman–Crippen LogP) is 3.39. The highest BCUT2D eigenvalue weighted by Crippen LogP contribution is 2.60. The highest BCUT2D eigenvalue weighted by atomic mass is 16.6. The van der Waals surface area contributed by atoms with Gasteiger partial charge in [-0.3, -0.25) is 4.79 Å². The number of hydrogen-bond donors (Lipinski definition) is 1. The quantitative estimate of drug-likeness (QED) is 0.542. The number of cyclic esters (lactones) is 1. The Labute approximate surface area is 192 Å². The van der Waals surface area contributed by atoms with Crippen molar-refractivity contribution in [3.05, 3.63) is 59.1 Å². The summed E-state index contributed by atoms with van der Waals surface area (Å²) in [4.78, 5) is 39.5. The first-order valence-electron chi connectivity index (χ1n) is 11.5. The molecule has 0 unspecified atom stereocenters. The summed E-state index contributed by atoms with van der Waals surface area (Å²) in [5.74, 6) is -2.74. The largest absolute Gasteiger partial charge is 0.481 e. The molecule has 2 bridgehead atoms. The second-order valence-corrected chi connectivity index (χ2v) is 9.98. The van der Waals surface area contributed by atoms with Crippen molar-refractivity contribution in [3.63, 3.8) is 0 Å². The Morgan fingerprint density at radius 2 is 1.91 bits per heavy atom. The van der Waals surface area contributed by atoms with Gasteiger partial charge in [-0.2, -0.15) is 0 Å². The van der Waals surface area contributed by atoms with E-state index in [2.05, 4.69) is 6.58 Å². The molecule has 6 atom stereocenters. The molecule has 0 aromatic heterocycles. The molecule has 1 aromatic carbocycles. The molecule has 5 rings (SSSR count). The van der Waals surface area contributed by atoms with Crippen LogP contribution >= 0.6 is 0 Å². The fraction of sp³-hybridized carbons (Fsp3) is 0.500. The number of carbonyl (C=O) groups excluding carboxylic acids is 3. The van der Waals surface area contributed by atoms with Gasteiger partial charge >= 0.3 is 11.9 Å². The van der Waals surface area contributed by atoms with E-state index in [9.17, 15) is 19.5 Å². The minimum Gasteiger partial charge on any atom is -0.481 e. The van der Waals surface area contributed by atoms with Gasteiger partial charge in [0, 0.05) is 17.3 Å². The van der Waals surface area contributed by atoms with Crippen molar-refractivity contribution in [3.8, 4) is 0 Å². The standard InChI is InChI=1S/C26H28O7/c1-13-8-10-16(11-9-13)23(28)33-22-19-14(2)25(4,17-7-5-6-12-26(17,22)30)21(27)18-20(32-19)15(3)31-24(18)29/h8-11,14,17,19,22,30H,3,5-7,12H2,1-2,4H3/t14-,17+,19+,22-,25-,26+/m1/s1. The normalized spacial score (nSPS) is 37.5. The van der Waals surface area contributed by atoms with Crippen LogP contribution in [0.4, 0.5) is 0 Å². The van der Waals surface area contributed by atoms with Crippen LogP contribution in [0, 0.1) is 24.2 Å². The average Bonchev–Trinajstić information content (AvgIpc) is 3.03. The van der Waals surface area contributed by atoms with E-state index in [0.717, 1.165) is 18.4 Å². The maximum Gasteiger partial charge on any atom is 0.351 e. The van der Waals surface area contributed by atoms with Gasteiger partial charge in [0.1, 0.15) is 17.3 Å². The summed E-state index contributed by atoms with van der Waals surface area (Å²) in [6.07, 6.45) is 0.630. The number of aliphatic hydroxyl groups is 1. The number of rotatable bonds is 2. The summed E-state index contributed by atoms with van der Waals surface area (Å²) >= 11 is 0. The zero-order valence-electron chi connectivity index (χ0n) is 19.1. The van der Waals surface area contributed by atoms with Gasteiger partial charge in [0.25, 0.3) is 0 Å². The maximum atomic E-state index is 13.8. The molecule has 0 amide bonds. The average molecular weight is 453 g/mol. The molecule has 1 aromatic rings. The molecular weight excluding hydrogens is 424 g/mol. The number of hydrogen-bond acceptors (Lipinski definition) is 7. The topological polar surface area (TPSA) is 99.1 Å². The first-order chi connectivity index (χ1) is 15.6. The van der Waals surface area contributed by atoms with Gasteiger partial charge in [-0.25, -0.2) is 9.59 Å². The molecule has 2 aliphatic carbocycles. The summed E-state index contributed by atoms with van der Waals surface area (Å²) in [6, 6.07) is 7.00. The molecule has 33 heavy (non-hydrogen) atoms. The molecular formula is C26H28O7. The van der Waals surface area contributed by atoms with Crippen molar-refractivity contribution in [2.75, 3.05) is 0 Å². The van der Waals surface area contributed by atoms with Crippen LogP contribution in [0.3, 0.4) is 0 Å². The summed E-state index contributed by atoms with van der Waals surface area (Å²) in [7, 11) is 0. The van der Waals surface area contributed by atoms with Gasteiger partial charge in [0.2, 0.25) is 0 Å². The first kappa shape index (κ1) is 21.9. The fourth-order valence-electron chi connectivity index (χ4n) is 6.28. The van der Waals surface area contributed by atoms with Crippen LogP contribution in [0.25, 0.3) is 0 Å². The Morgan fingerprint density at radius 1 is 1.21 bits per heavy atom. The van der Waals surface area contributed by atoms with Gasteiger partial charge in [-0.1, -0.05) is 51.0 Å². The van der Waals surface area contributed by atoms with Crippen molar-refractivity contribution >= 4 is 17.7 Å². The molecule has 2 saturated carbocycles. The summed E-state index contributed by atoms with van der Waals surface area (Å²) < 4.78 is 17.3. The van der Waals surface area contributed by atoms with Crippen LogP contribution in [0.2, 0.25) is 0 Å². The van der Waals surface area contributed by atoms with Crippen LogP contribution in [-0.4, -0.2) is 40.6 Å². The molecule has 7 heteroatoms. The molecule has 0 spiro atoms. The van der Waals surface area contributed by atoms with E-state index in [0.29, 0.717) is 18.4 Å². The molecule has 174 valence electrons. The number of fused-ring (bicyclic) bond motifs is 4. The van der Waals surface area contributed by atoms with E-state index < -0.39 is 52.8 Å². The lowest BCUT2D eigenvalue weighted by atomic mass is 9.48. The highest BCUT2D eigenvalue weighted by Gasteiger charge is 2.70. The maximum absolute atomic E-state index is 13.8. The molecule has 0 radical (unpaired) electrons. The Morgan fingerprint density at radius 3 is 2.61 bits per heavy atom. The zero-order valence-corrected chi connectivity index (χ0v) is 19.1. The molecule has 1 N–H and O–H groups in total. The fourth-order valence-corrected chi connectivity index (χ4v) is 6.28. The molecule has 2 aliphatic heterocycles. The number of benzene rings is 1. The minimum absolute atomic E-state index is 0.00999. The van der Waals surface area contributed by atoms with Gasteiger partial charge < -0.3 is 19.3 Å². The number of carbonyl (C=O) groups is 3. The Bertz CT molecular complexity index is 1100. The molecule has 2 fully saturated rings. The van der Waals surface area contributed by atoms with Crippen LogP contribution < -0.4 is 0 Å². The summed E-state index contributed by atoms with van der Waals surface area (Å²) in [5, 5.41) is 12.1. The minimum atomic E-state index is -1.47. The van der Waals surface area contributed by atoms with Crippen LogP contribution in [-0.2, 0) is 23.8 Å². The van der Waals surface area contributed by atoms with Gasteiger partial charge in [-0.15, -0.1) is 0 Å². The van der Waals surface area contributed by atoms with Gasteiger partial charge in [0.05, 0.1) is 5.56 Å². The van der Waals surface area contributed by atoms with E-state index in [1.807, 2.05) is 26.0 Å².